The zero-order valence-electron chi connectivity index (χ0n) is 18.2. The lowest BCUT2D eigenvalue weighted by Crippen LogP contribution is -2.38. The van der Waals surface area contributed by atoms with Crippen LogP contribution < -0.4 is 0 Å². The molecule has 1 amide bonds. The van der Waals surface area contributed by atoms with Crippen molar-refractivity contribution in [1.29, 1.82) is 0 Å². The average molecular weight is 424 g/mol. The van der Waals surface area contributed by atoms with Gasteiger partial charge in [-0.3, -0.25) is 14.8 Å². The molecule has 0 aromatic carbocycles. The molecule has 2 saturated heterocycles. The van der Waals surface area contributed by atoms with Gasteiger partial charge in [0.05, 0.1) is 29.6 Å². The minimum atomic E-state index is 0.0835. The van der Waals surface area contributed by atoms with E-state index in [-0.39, 0.29) is 5.91 Å². The molecule has 0 saturated carbocycles. The SMILES string of the molecule is Cc1cc(-c2cn[nH]c2C2CCN(C(=O)c3cc(C)oc3CN3CCCC3)CC2)on1. The lowest BCUT2D eigenvalue weighted by atomic mass is 9.90. The van der Waals surface area contributed by atoms with Crippen LogP contribution in [0.25, 0.3) is 11.3 Å². The molecule has 0 atom stereocenters. The van der Waals surface area contributed by atoms with Crippen LogP contribution in [0, 0.1) is 13.8 Å². The molecule has 3 aromatic rings. The first-order valence-electron chi connectivity index (χ1n) is 11.2. The van der Waals surface area contributed by atoms with Crippen LogP contribution in [-0.2, 0) is 6.54 Å². The van der Waals surface area contributed by atoms with Crippen molar-refractivity contribution >= 4 is 5.91 Å². The Bertz CT molecular complexity index is 1050. The topological polar surface area (TPSA) is 91.4 Å². The van der Waals surface area contributed by atoms with Gasteiger partial charge in [-0.1, -0.05) is 5.16 Å². The van der Waals surface area contributed by atoms with Crippen LogP contribution in [0.15, 0.2) is 27.3 Å². The highest BCUT2D eigenvalue weighted by atomic mass is 16.5. The van der Waals surface area contributed by atoms with E-state index in [4.69, 9.17) is 8.94 Å². The van der Waals surface area contributed by atoms with Crippen molar-refractivity contribution in [2.75, 3.05) is 26.2 Å². The third-order valence-electron chi connectivity index (χ3n) is 6.48. The fraction of sp³-hybridized carbons (Fsp3) is 0.522. The van der Waals surface area contributed by atoms with Crippen molar-refractivity contribution in [2.45, 2.75) is 52.0 Å². The molecule has 0 bridgehead atoms. The van der Waals surface area contributed by atoms with Crippen LogP contribution in [0.4, 0.5) is 0 Å². The Morgan fingerprint density at radius 1 is 1.16 bits per heavy atom. The minimum absolute atomic E-state index is 0.0835. The second-order valence-electron chi connectivity index (χ2n) is 8.77. The molecule has 0 spiro atoms. The summed E-state index contributed by atoms with van der Waals surface area (Å²) in [6.07, 6.45) is 6.00. The Hall–Kier alpha value is -2.87. The summed E-state index contributed by atoms with van der Waals surface area (Å²) >= 11 is 0. The number of nitrogens with zero attached hydrogens (tertiary/aromatic N) is 4. The number of H-pyrrole nitrogens is 1. The van der Waals surface area contributed by atoms with Crippen LogP contribution in [0.3, 0.4) is 0 Å². The highest BCUT2D eigenvalue weighted by molar-refractivity contribution is 5.95. The Morgan fingerprint density at radius 3 is 2.65 bits per heavy atom. The van der Waals surface area contributed by atoms with Crippen molar-refractivity contribution in [2.24, 2.45) is 0 Å². The van der Waals surface area contributed by atoms with E-state index in [0.717, 1.165) is 72.3 Å². The molecule has 3 aromatic heterocycles. The van der Waals surface area contributed by atoms with Crippen LogP contribution in [0.2, 0.25) is 0 Å². The highest BCUT2D eigenvalue weighted by Gasteiger charge is 2.30. The number of hydrogen-bond donors (Lipinski definition) is 1. The number of carbonyl (C=O) groups is 1. The molecule has 2 fully saturated rings. The molecule has 2 aliphatic heterocycles. The zero-order chi connectivity index (χ0) is 21.4. The number of piperidine rings is 1. The van der Waals surface area contributed by atoms with Gasteiger partial charge in [0.25, 0.3) is 5.91 Å². The first-order valence-corrected chi connectivity index (χ1v) is 11.2. The summed E-state index contributed by atoms with van der Waals surface area (Å²) in [5.74, 6) is 2.74. The van der Waals surface area contributed by atoms with E-state index < -0.39 is 0 Å². The summed E-state index contributed by atoms with van der Waals surface area (Å²) in [4.78, 5) is 17.6. The molecule has 1 N–H and O–H groups in total. The molecule has 0 aliphatic carbocycles. The standard InChI is InChI=1S/C23H29N5O3/c1-15-11-20(31-26-15)19-13-24-25-22(19)17-5-9-28(10-6-17)23(29)18-12-16(2)30-21(18)14-27-7-3-4-8-27/h11-13,17H,3-10,14H2,1-2H3,(H,24,25). The van der Waals surface area contributed by atoms with Crippen molar-refractivity contribution in [3.8, 4) is 11.3 Å². The van der Waals surface area contributed by atoms with E-state index in [1.807, 2.05) is 30.9 Å². The van der Waals surface area contributed by atoms with Gasteiger partial charge < -0.3 is 13.8 Å². The van der Waals surface area contributed by atoms with Crippen molar-refractivity contribution < 1.29 is 13.7 Å². The quantitative estimate of drug-likeness (QED) is 0.669. The molecule has 164 valence electrons. The lowest BCUT2D eigenvalue weighted by Gasteiger charge is -2.32. The summed E-state index contributed by atoms with van der Waals surface area (Å²) in [5.41, 5.74) is 3.60. The number of aromatic amines is 1. The predicted octanol–water partition coefficient (Wildman–Crippen LogP) is 3.89. The monoisotopic (exact) mass is 423 g/mol. The van der Waals surface area contributed by atoms with E-state index in [1.54, 1.807) is 6.20 Å². The number of likely N-dealkylation sites (tertiary alicyclic amines) is 2. The van der Waals surface area contributed by atoms with Crippen LogP contribution in [-0.4, -0.2) is 57.2 Å². The number of nitrogens with one attached hydrogen (secondary N) is 1. The van der Waals surface area contributed by atoms with E-state index in [9.17, 15) is 4.79 Å². The Balaban J connectivity index is 1.26. The zero-order valence-corrected chi connectivity index (χ0v) is 18.2. The van der Waals surface area contributed by atoms with Crippen molar-refractivity contribution in [1.82, 2.24) is 25.2 Å². The number of carbonyl (C=O) groups excluding carboxylic acids is 1. The number of furan rings is 1. The molecule has 8 nitrogen and oxygen atoms in total. The number of aromatic nitrogens is 3. The molecular formula is C23H29N5O3. The fourth-order valence-electron chi connectivity index (χ4n) is 4.84. The Kier molecular flexibility index (Phi) is 5.40. The molecule has 5 rings (SSSR count). The van der Waals surface area contributed by atoms with E-state index in [0.29, 0.717) is 19.0 Å². The van der Waals surface area contributed by atoms with Crippen LogP contribution >= 0.6 is 0 Å². The average Bonchev–Trinajstić information content (AvgIpc) is 3.55. The van der Waals surface area contributed by atoms with Gasteiger partial charge in [0, 0.05) is 30.8 Å². The second kappa shape index (κ2) is 8.34. The van der Waals surface area contributed by atoms with Gasteiger partial charge in [-0.05, 0) is 58.7 Å². The van der Waals surface area contributed by atoms with Crippen LogP contribution in [0.1, 0.15) is 64.9 Å². The van der Waals surface area contributed by atoms with E-state index >= 15 is 0 Å². The summed E-state index contributed by atoms with van der Waals surface area (Å²) < 4.78 is 11.4. The molecule has 8 heteroatoms. The summed E-state index contributed by atoms with van der Waals surface area (Å²) in [5, 5.41) is 11.4. The van der Waals surface area contributed by atoms with Gasteiger partial charge in [0.1, 0.15) is 11.5 Å². The van der Waals surface area contributed by atoms with Gasteiger partial charge in [0.2, 0.25) is 0 Å². The Labute approximate surface area is 181 Å². The van der Waals surface area contributed by atoms with Gasteiger partial charge in [-0.15, -0.1) is 0 Å². The summed E-state index contributed by atoms with van der Waals surface area (Å²) in [6.45, 7) is 8.13. The molecule has 31 heavy (non-hydrogen) atoms. The molecule has 2 aliphatic rings. The Morgan fingerprint density at radius 2 is 1.94 bits per heavy atom. The second-order valence-corrected chi connectivity index (χ2v) is 8.77. The molecule has 0 unspecified atom stereocenters. The fourth-order valence-corrected chi connectivity index (χ4v) is 4.84. The van der Waals surface area contributed by atoms with Crippen molar-refractivity contribution in [3.05, 3.63) is 46.8 Å². The van der Waals surface area contributed by atoms with Gasteiger partial charge in [-0.25, -0.2) is 0 Å². The number of hydrogen-bond acceptors (Lipinski definition) is 6. The predicted molar refractivity (Wildman–Crippen MR) is 115 cm³/mol. The third-order valence-corrected chi connectivity index (χ3v) is 6.48. The first-order chi connectivity index (χ1) is 15.1. The molecule has 0 radical (unpaired) electrons. The maximum absolute atomic E-state index is 13.3. The molecular weight excluding hydrogens is 394 g/mol. The molecule has 5 heterocycles. The largest absolute Gasteiger partial charge is 0.464 e. The number of amides is 1. The van der Waals surface area contributed by atoms with Gasteiger partial charge >= 0.3 is 0 Å². The van der Waals surface area contributed by atoms with Gasteiger partial charge in [0.15, 0.2) is 5.76 Å². The van der Waals surface area contributed by atoms with Gasteiger partial charge in [-0.2, -0.15) is 5.10 Å². The highest BCUT2D eigenvalue weighted by Crippen LogP contribution is 2.34. The normalized spacial score (nSPS) is 18.2. The maximum atomic E-state index is 13.3. The summed E-state index contributed by atoms with van der Waals surface area (Å²) in [7, 11) is 0. The van der Waals surface area contributed by atoms with E-state index in [1.165, 1.54) is 12.8 Å². The maximum Gasteiger partial charge on any atom is 0.257 e. The number of rotatable bonds is 5. The van der Waals surface area contributed by atoms with Crippen LogP contribution in [0.5, 0.6) is 0 Å². The van der Waals surface area contributed by atoms with Crippen molar-refractivity contribution in [3.63, 3.8) is 0 Å². The summed E-state index contributed by atoms with van der Waals surface area (Å²) in [6, 6.07) is 3.83. The van der Waals surface area contributed by atoms with E-state index in [2.05, 4.69) is 20.3 Å². The minimum Gasteiger partial charge on any atom is -0.464 e. The lowest BCUT2D eigenvalue weighted by molar-refractivity contribution is 0.0708. The smallest absolute Gasteiger partial charge is 0.257 e. The first kappa shape index (κ1) is 20.1. The third kappa shape index (κ3) is 4.04. The number of aryl methyl sites for hydroxylation is 2.